The molecule has 3 unspecified atom stereocenters. The van der Waals surface area contributed by atoms with Crippen LogP contribution in [0.5, 0.6) is 0 Å². The molecule has 0 amide bonds. The Morgan fingerprint density at radius 3 is 1.16 bits per heavy atom. The van der Waals surface area contributed by atoms with Crippen LogP contribution in [0.1, 0.15) is 52.4 Å². The van der Waals surface area contributed by atoms with Crippen LogP contribution in [0.4, 0.5) is 17.5 Å². The number of carbonyl (C=O) groups excluding carboxylic acids is 2. The van der Waals surface area contributed by atoms with E-state index in [0.717, 1.165) is 114 Å². The molecule has 9 heterocycles. The summed E-state index contributed by atoms with van der Waals surface area (Å²) in [4.78, 5) is 70.7. The van der Waals surface area contributed by atoms with E-state index < -0.39 is 0 Å². The number of rotatable bonds is 12. The third-order valence-corrected chi connectivity index (χ3v) is 16.2. The van der Waals surface area contributed by atoms with E-state index >= 15 is 0 Å². The second kappa shape index (κ2) is 21.8. The molecule has 0 aromatic carbocycles. The predicted octanol–water partition coefficient (Wildman–Crippen LogP) is 5.15. The molecule has 3 aliphatic heterocycles. The number of fused-ring (bicyclic) bond motifs is 6. The smallest absolute Gasteiger partial charge is 0.320 e. The van der Waals surface area contributed by atoms with Crippen LogP contribution in [0, 0.1) is 35.5 Å². The maximum atomic E-state index is 11.7. The number of halogens is 1. The van der Waals surface area contributed by atoms with Gasteiger partial charge in [-0.2, -0.15) is 0 Å². The van der Waals surface area contributed by atoms with Crippen molar-refractivity contribution in [2.24, 2.45) is 35.5 Å². The van der Waals surface area contributed by atoms with Crippen molar-refractivity contribution in [1.29, 1.82) is 0 Å². The van der Waals surface area contributed by atoms with Crippen LogP contribution in [-0.2, 0) is 19.1 Å². The molecule has 6 aromatic heterocycles. The standard InChI is InChI=1S/2C18H25N5O2.C14H19N5.ClH/c2*1-3-25-16(24)10-23-8-12-6-14(7-13(12)9-23)22(2)18-15-4-5-19-17(15)20-11-21-18;1-19(11-4-9-6-15-7-10(9)5-11)14-12-2-3-16-13(12)17-8-18-14;/h2*4-5,11-14H,3,6-10H2,1-2H3,(H,19,20,21);2-3,8-11,15H,4-7H2,1H3,(H,16,17,18);1H/t2*12-,13+,14?;9-,10+,11?;. The number of hydrogen-bond acceptors (Lipinski definition) is 16. The van der Waals surface area contributed by atoms with E-state index in [-0.39, 0.29) is 24.3 Å². The summed E-state index contributed by atoms with van der Waals surface area (Å²) >= 11 is 0. The van der Waals surface area contributed by atoms with Crippen molar-refractivity contribution < 1.29 is 19.1 Å². The Hall–Kier alpha value is -5.63. The zero-order valence-corrected chi connectivity index (χ0v) is 42.0. The summed E-state index contributed by atoms with van der Waals surface area (Å²) in [5.74, 6) is 7.20. The summed E-state index contributed by atoms with van der Waals surface area (Å²) in [5.41, 5.74) is 2.70. The first-order valence-corrected chi connectivity index (χ1v) is 25.1. The number of nitrogens with zero attached hydrogens (tertiary/aromatic N) is 11. The number of nitrogens with one attached hydrogen (secondary N) is 4. The molecular weight excluding hydrogens is 910 g/mol. The highest BCUT2D eigenvalue weighted by Crippen LogP contribution is 2.43. The number of esters is 2. The molecule has 19 nitrogen and oxygen atoms in total. The summed E-state index contributed by atoms with van der Waals surface area (Å²) in [7, 11) is 6.45. The largest absolute Gasteiger partial charge is 0.465 e. The summed E-state index contributed by atoms with van der Waals surface area (Å²) in [6.07, 6.45) is 17.8. The maximum absolute atomic E-state index is 11.7. The van der Waals surface area contributed by atoms with Gasteiger partial charge in [0.05, 0.1) is 42.5 Å². The lowest BCUT2D eigenvalue weighted by atomic mass is 10.0. The zero-order chi connectivity index (χ0) is 47.6. The van der Waals surface area contributed by atoms with Gasteiger partial charge < -0.3 is 44.4 Å². The molecule has 20 heteroatoms. The monoisotopic (exact) mass is 980 g/mol. The molecule has 4 N–H and O–H groups in total. The second-order valence-electron chi connectivity index (χ2n) is 20.2. The fourth-order valence-electron chi connectivity index (χ4n) is 12.8. The van der Waals surface area contributed by atoms with Gasteiger partial charge in [-0.25, -0.2) is 29.9 Å². The highest BCUT2D eigenvalue weighted by atomic mass is 35.5. The molecule has 0 radical (unpaired) electrons. The van der Waals surface area contributed by atoms with Crippen molar-refractivity contribution in [3.8, 4) is 0 Å². The molecule has 12 rings (SSSR count). The Morgan fingerprint density at radius 1 is 0.529 bits per heavy atom. The van der Waals surface area contributed by atoms with E-state index in [1.54, 1.807) is 19.0 Å². The number of anilines is 3. The third kappa shape index (κ3) is 10.4. The first-order chi connectivity index (χ1) is 33.6. The average molecular weight is 981 g/mol. The first-order valence-electron chi connectivity index (χ1n) is 25.1. The van der Waals surface area contributed by atoms with E-state index in [1.807, 2.05) is 44.6 Å². The molecular formula is C50H70ClN15O4. The number of H-pyrrole nitrogens is 3. The van der Waals surface area contributed by atoms with Gasteiger partial charge in [-0.1, -0.05) is 0 Å². The normalized spacial score (nSPS) is 26.7. The second-order valence-corrected chi connectivity index (χ2v) is 20.2. The lowest BCUT2D eigenvalue weighted by molar-refractivity contribution is -0.145. The summed E-state index contributed by atoms with van der Waals surface area (Å²) in [6.45, 7) is 11.9. The van der Waals surface area contributed by atoms with Gasteiger partial charge in [0.2, 0.25) is 0 Å². The number of aromatic nitrogens is 9. The molecule has 3 saturated heterocycles. The summed E-state index contributed by atoms with van der Waals surface area (Å²) < 4.78 is 10.1. The van der Waals surface area contributed by atoms with Gasteiger partial charge >= 0.3 is 11.9 Å². The van der Waals surface area contributed by atoms with Gasteiger partial charge in [0.1, 0.15) is 53.4 Å². The average Bonchev–Trinajstić information content (AvgIpc) is 4.18. The van der Waals surface area contributed by atoms with Crippen molar-refractivity contribution in [1.82, 2.24) is 60.0 Å². The van der Waals surface area contributed by atoms with Crippen molar-refractivity contribution in [2.75, 3.05) is 101 Å². The topological polar surface area (TPSA) is 206 Å². The Balaban J connectivity index is 0.000000131. The minimum Gasteiger partial charge on any atom is -0.465 e. The summed E-state index contributed by atoms with van der Waals surface area (Å²) in [5, 5.41) is 6.78. The zero-order valence-electron chi connectivity index (χ0n) is 41.2. The Kier molecular flexibility index (Phi) is 15.4. The first kappa shape index (κ1) is 49.4. The summed E-state index contributed by atoms with van der Waals surface area (Å²) in [6, 6.07) is 7.75. The molecule has 9 atom stereocenters. The van der Waals surface area contributed by atoms with Gasteiger partial charge in [-0.05, 0) is 119 Å². The molecule has 0 bridgehead atoms. The Morgan fingerprint density at radius 2 is 0.843 bits per heavy atom. The van der Waals surface area contributed by atoms with Crippen LogP contribution >= 0.6 is 12.4 Å². The number of carbonyl (C=O) groups is 2. The SMILES string of the molecule is CCOC(=O)CN1C[C@H]2CC(N(C)c3ncnc4[nH]ccc34)C[C@H]2C1.CCOC(=O)CN1C[C@H]2CC(N(C)c3ncnc4[nH]ccc34)C[C@H]2C1.CN(c1ncnc2[nH]ccc12)C1C[C@H]2CNC[C@H]2C1.Cl. The molecule has 376 valence electrons. The van der Waals surface area contributed by atoms with Gasteiger partial charge in [0.15, 0.2) is 0 Å². The Labute approximate surface area is 415 Å². The van der Waals surface area contributed by atoms with Crippen LogP contribution in [-0.4, -0.2) is 171 Å². The highest BCUT2D eigenvalue weighted by molar-refractivity contribution is 5.89. The fraction of sp³-hybridized carbons (Fsp3) is 0.600. The molecule has 6 aliphatic rings. The molecule has 0 spiro atoms. The predicted molar refractivity (Wildman–Crippen MR) is 273 cm³/mol. The van der Waals surface area contributed by atoms with Gasteiger partial charge in [0.25, 0.3) is 0 Å². The van der Waals surface area contributed by atoms with E-state index in [4.69, 9.17) is 9.47 Å². The van der Waals surface area contributed by atoms with Gasteiger partial charge in [-0.15, -0.1) is 12.4 Å². The van der Waals surface area contributed by atoms with Crippen molar-refractivity contribution in [3.05, 3.63) is 55.8 Å². The molecule has 6 fully saturated rings. The van der Waals surface area contributed by atoms with Gasteiger partial charge in [-0.3, -0.25) is 19.4 Å². The maximum Gasteiger partial charge on any atom is 0.320 e. The van der Waals surface area contributed by atoms with Crippen molar-refractivity contribution >= 4 is 74.9 Å². The van der Waals surface area contributed by atoms with Gasteiger partial charge in [0, 0.05) is 84.0 Å². The molecule has 6 aromatic rings. The third-order valence-electron chi connectivity index (χ3n) is 16.2. The highest BCUT2D eigenvalue weighted by Gasteiger charge is 2.45. The van der Waals surface area contributed by atoms with E-state index in [9.17, 15) is 9.59 Å². The Bertz CT molecular complexity index is 2530. The molecule has 70 heavy (non-hydrogen) atoms. The fourth-order valence-corrected chi connectivity index (χ4v) is 12.8. The van der Waals surface area contributed by atoms with E-state index in [0.29, 0.717) is 68.1 Å². The van der Waals surface area contributed by atoms with E-state index in [2.05, 4.69) is 102 Å². The van der Waals surface area contributed by atoms with Crippen LogP contribution in [0.3, 0.4) is 0 Å². The van der Waals surface area contributed by atoms with Crippen LogP contribution < -0.4 is 20.0 Å². The van der Waals surface area contributed by atoms with Crippen molar-refractivity contribution in [2.45, 2.75) is 70.5 Å². The van der Waals surface area contributed by atoms with Crippen LogP contribution in [0.25, 0.3) is 33.1 Å². The van der Waals surface area contributed by atoms with Crippen LogP contribution in [0.15, 0.2) is 55.8 Å². The van der Waals surface area contributed by atoms with Crippen molar-refractivity contribution in [3.63, 3.8) is 0 Å². The number of ether oxygens (including phenoxy) is 2. The van der Waals surface area contributed by atoms with E-state index in [1.165, 1.54) is 25.9 Å². The number of likely N-dealkylation sites (tertiary alicyclic amines) is 2. The number of hydrogen-bond donors (Lipinski definition) is 4. The minimum atomic E-state index is -0.105. The number of aromatic amines is 3. The quantitative estimate of drug-likeness (QED) is 0.117. The van der Waals surface area contributed by atoms with Crippen LogP contribution in [0.2, 0.25) is 0 Å². The minimum absolute atomic E-state index is 0. The lowest BCUT2D eigenvalue weighted by Crippen LogP contribution is -2.34. The molecule has 3 saturated carbocycles. The lowest BCUT2D eigenvalue weighted by Gasteiger charge is -2.27. The molecule has 3 aliphatic carbocycles.